The molecule has 0 bridgehead atoms. The Morgan fingerprint density at radius 2 is 2.11 bits per heavy atom. The Morgan fingerprint density at radius 1 is 1.42 bits per heavy atom. The van der Waals surface area contributed by atoms with E-state index in [4.69, 9.17) is 5.11 Å². The van der Waals surface area contributed by atoms with E-state index in [1.54, 1.807) is 19.1 Å². The molecule has 0 saturated carbocycles. The number of aliphatic hydroxyl groups is 1. The summed E-state index contributed by atoms with van der Waals surface area (Å²) in [6.07, 6.45) is 0.00263. The van der Waals surface area contributed by atoms with E-state index in [1.165, 1.54) is 19.2 Å². The highest BCUT2D eigenvalue weighted by Gasteiger charge is 2.12. The van der Waals surface area contributed by atoms with E-state index in [0.29, 0.717) is 12.1 Å². The van der Waals surface area contributed by atoms with Gasteiger partial charge in [0.25, 0.3) is 0 Å². The summed E-state index contributed by atoms with van der Waals surface area (Å²) in [5, 5.41) is 11.7. The van der Waals surface area contributed by atoms with Gasteiger partial charge in [0, 0.05) is 12.1 Å². The number of carbonyl (C=O) groups excluding carboxylic acids is 1. The van der Waals surface area contributed by atoms with Crippen LogP contribution in [-0.2, 0) is 14.8 Å². The molecule has 6 nitrogen and oxygen atoms in total. The zero-order chi connectivity index (χ0) is 14.5. The van der Waals surface area contributed by atoms with E-state index >= 15 is 0 Å². The molecule has 1 aromatic carbocycles. The monoisotopic (exact) mass is 286 g/mol. The molecule has 1 atom stereocenters. The van der Waals surface area contributed by atoms with Crippen LogP contribution in [0.4, 0.5) is 5.69 Å². The number of benzene rings is 1. The minimum atomic E-state index is -3.52. The molecule has 1 amide bonds. The number of aliphatic hydroxyl groups excluding tert-OH is 1. The molecule has 106 valence electrons. The molecule has 0 aliphatic heterocycles. The van der Waals surface area contributed by atoms with Crippen molar-refractivity contribution < 1.29 is 18.3 Å². The Kier molecular flexibility index (Phi) is 5.46. The highest BCUT2D eigenvalue weighted by atomic mass is 32.2. The van der Waals surface area contributed by atoms with Gasteiger partial charge in [-0.05, 0) is 38.6 Å². The van der Waals surface area contributed by atoms with Crippen molar-refractivity contribution in [3.05, 3.63) is 24.3 Å². The summed E-state index contributed by atoms with van der Waals surface area (Å²) in [4.78, 5) is 11.6. The van der Waals surface area contributed by atoms with Crippen molar-refractivity contribution in [2.45, 2.75) is 30.8 Å². The SMILES string of the molecule is CNS(=O)(=O)c1cccc(NC(=O)CCC(C)O)c1. The summed E-state index contributed by atoms with van der Waals surface area (Å²) in [6, 6.07) is 5.98. The van der Waals surface area contributed by atoms with Crippen molar-refractivity contribution in [1.29, 1.82) is 0 Å². The molecule has 1 aromatic rings. The molecule has 0 aromatic heterocycles. The number of amides is 1. The number of nitrogens with one attached hydrogen (secondary N) is 2. The van der Waals surface area contributed by atoms with Crippen LogP contribution in [0.1, 0.15) is 19.8 Å². The molecule has 1 rings (SSSR count). The third-order valence-electron chi connectivity index (χ3n) is 2.49. The van der Waals surface area contributed by atoms with Gasteiger partial charge in [-0.2, -0.15) is 0 Å². The Morgan fingerprint density at radius 3 is 2.68 bits per heavy atom. The Balaban J connectivity index is 2.75. The van der Waals surface area contributed by atoms with Crippen LogP contribution < -0.4 is 10.0 Å². The van der Waals surface area contributed by atoms with Gasteiger partial charge in [0.15, 0.2) is 0 Å². The molecule has 0 radical (unpaired) electrons. The van der Waals surface area contributed by atoms with E-state index in [0.717, 1.165) is 0 Å². The zero-order valence-electron chi connectivity index (χ0n) is 10.9. The van der Waals surface area contributed by atoms with Crippen LogP contribution in [0.15, 0.2) is 29.2 Å². The minimum absolute atomic E-state index is 0.0864. The second-order valence-corrected chi connectivity index (χ2v) is 6.06. The highest BCUT2D eigenvalue weighted by Crippen LogP contribution is 2.15. The fourth-order valence-corrected chi connectivity index (χ4v) is 2.20. The maximum Gasteiger partial charge on any atom is 0.240 e. The lowest BCUT2D eigenvalue weighted by molar-refractivity contribution is -0.116. The maximum atomic E-state index is 11.6. The molecule has 0 spiro atoms. The minimum Gasteiger partial charge on any atom is -0.393 e. The van der Waals surface area contributed by atoms with Crippen molar-refractivity contribution in [2.24, 2.45) is 0 Å². The molecule has 0 aliphatic carbocycles. The summed E-state index contributed by atoms with van der Waals surface area (Å²) in [5.74, 6) is -0.264. The molecule has 0 heterocycles. The van der Waals surface area contributed by atoms with Gasteiger partial charge in [-0.15, -0.1) is 0 Å². The van der Waals surface area contributed by atoms with E-state index in [2.05, 4.69) is 10.0 Å². The highest BCUT2D eigenvalue weighted by molar-refractivity contribution is 7.89. The van der Waals surface area contributed by atoms with Gasteiger partial charge in [-0.1, -0.05) is 6.07 Å². The van der Waals surface area contributed by atoms with Crippen molar-refractivity contribution >= 4 is 21.6 Å². The van der Waals surface area contributed by atoms with Crippen LogP contribution in [0.5, 0.6) is 0 Å². The Labute approximate surface area is 112 Å². The molecule has 0 saturated heterocycles. The first-order chi connectivity index (χ1) is 8.85. The normalized spacial score (nSPS) is 13.0. The van der Waals surface area contributed by atoms with E-state index < -0.39 is 16.1 Å². The number of hydrogen-bond acceptors (Lipinski definition) is 4. The molecule has 0 aliphatic rings. The maximum absolute atomic E-state index is 11.6. The number of rotatable bonds is 6. The number of anilines is 1. The van der Waals surface area contributed by atoms with Gasteiger partial charge in [0.05, 0.1) is 11.0 Å². The smallest absolute Gasteiger partial charge is 0.240 e. The molecular formula is C12H18N2O4S. The summed E-state index contributed by atoms with van der Waals surface area (Å²) in [7, 11) is -2.20. The number of carbonyl (C=O) groups is 1. The van der Waals surface area contributed by atoms with Crippen molar-refractivity contribution in [1.82, 2.24) is 4.72 Å². The standard InChI is InChI=1S/C12H18N2O4S/c1-9(15)6-7-12(16)14-10-4-3-5-11(8-10)19(17,18)13-2/h3-5,8-9,13,15H,6-7H2,1-2H3,(H,14,16). The van der Waals surface area contributed by atoms with E-state index in [-0.39, 0.29) is 17.2 Å². The predicted octanol–water partition coefficient (Wildman–Crippen LogP) is 0.694. The van der Waals surface area contributed by atoms with Crippen molar-refractivity contribution in [2.75, 3.05) is 12.4 Å². The molecule has 1 unspecified atom stereocenters. The fourth-order valence-electron chi connectivity index (χ4n) is 1.42. The third-order valence-corrected chi connectivity index (χ3v) is 3.90. The van der Waals surface area contributed by atoms with Gasteiger partial charge < -0.3 is 10.4 Å². The van der Waals surface area contributed by atoms with Crippen LogP contribution in [0.2, 0.25) is 0 Å². The molecule has 3 N–H and O–H groups in total. The molecular weight excluding hydrogens is 268 g/mol. The van der Waals surface area contributed by atoms with Crippen LogP contribution in [0.25, 0.3) is 0 Å². The van der Waals surface area contributed by atoms with Crippen LogP contribution in [0.3, 0.4) is 0 Å². The van der Waals surface area contributed by atoms with E-state index in [9.17, 15) is 13.2 Å². The van der Waals surface area contributed by atoms with Crippen LogP contribution >= 0.6 is 0 Å². The molecule has 0 fully saturated rings. The summed E-state index contributed by atoms with van der Waals surface area (Å²) in [5.41, 5.74) is 0.409. The average Bonchev–Trinajstić information content (AvgIpc) is 2.36. The van der Waals surface area contributed by atoms with E-state index in [1.807, 2.05) is 0 Å². The zero-order valence-corrected chi connectivity index (χ0v) is 11.7. The van der Waals surface area contributed by atoms with Crippen molar-refractivity contribution in [3.63, 3.8) is 0 Å². The lowest BCUT2D eigenvalue weighted by Gasteiger charge is -2.08. The lowest BCUT2D eigenvalue weighted by atomic mass is 10.2. The lowest BCUT2D eigenvalue weighted by Crippen LogP contribution is -2.19. The summed E-state index contributed by atoms with van der Waals surface area (Å²) < 4.78 is 25.4. The molecule has 7 heteroatoms. The quantitative estimate of drug-likeness (QED) is 0.717. The first-order valence-electron chi connectivity index (χ1n) is 5.86. The predicted molar refractivity (Wildman–Crippen MR) is 72.2 cm³/mol. The van der Waals surface area contributed by atoms with Gasteiger partial charge in [0.2, 0.25) is 15.9 Å². The topological polar surface area (TPSA) is 95.5 Å². The van der Waals surface area contributed by atoms with Crippen LogP contribution in [-0.4, -0.2) is 32.6 Å². The molecule has 19 heavy (non-hydrogen) atoms. The number of sulfonamides is 1. The number of hydrogen-bond donors (Lipinski definition) is 3. The van der Waals surface area contributed by atoms with Crippen LogP contribution in [0, 0.1) is 0 Å². The second-order valence-electron chi connectivity index (χ2n) is 4.17. The van der Waals surface area contributed by atoms with Gasteiger partial charge in [-0.3, -0.25) is 4.79 Å². The first-order valence-corrected chi connectivity index (χ1v) is 7.35. The van der Waals surface area contributed by atoms with Gasteiger partial charge >= 0.3 is 0 Å². The van der Waals surface area contributed by atoms with Gasteiger partial charge in [0.1, 0.15) is 0 Å². The fraction of sp³-hybridized carbons (Fsp3) is 0.417. The second kappa shape index (κ2) is 6.65. The summed E-state index contributed by atoms with van der Waals surface area (Å²) in [6.45, 7) is 1.60. The van der Waals surface area contributed by atoms with Crippen molar-refractivity contribution in [3.8, 4) is 0 Å². The van der Waals surface area contributed by atoms with Gasteiger partial charge in [-0.25, -0.2) is 13.1 Å². The third kappa shape index (κ3) is 4.98. The average molecular weight is 286 g/mol. The largest absolute Gasteiger partial charge is 0.393 e. The Bertz CT molecular complexity index is 540. The first kappa shape index (κ1) is 15.6. The Hall–Kier alpha value is -1.44. The summed E-state index contributed by atoms with van der Waals surface area (Å²) >= 11 is 0.